The quantitative estimate of drug-likeness (QED) is 0.259. The second kappa shape index (κ2) is 15.6. The number of pyridine rings is 1. The van der Waals surface area contributed by atoms with E-state index in [1.807, 2.05) is 24.3 Å². The van der Waals surface area contributed by atoms with Crippen LogP contribution in [0.1, 0.15) is 42.4 Å². The van der Waals surface area contributed by atoms with Crippen LogP contribution in [0.15, 0.2) is 72.9 Å². The maximum absolute atomic E-state index is 13.5. The van der Waals surface area contributed by atoms with Gasteiger partial charge in [-0.3, -0.25) is 19.2 Å². The highest BCUT2D eigenvalue weighted by Crippen LogP contribution is 2.30. The van der Waals surface area contributed by atoms with Gasteiger partial charge in [-0.1, -0.05) is 74.5 Å². The van der Waals surface area contributed by atoms with E-state index in [-0.39, 0.29) is 30.0 Å². The Bertz CT molecular complexity index is 1540. The maximum Gasteiger partial charge on any atom is 0.332 e. The molecule has 1 aliphatic heterocycles. The minimum atomic E-state index is -1.48. The standard InChI is InChI=1S/C34H36N2O10/c1-20(2)32(39)46-29-21(3)44-34(41)25(19-43-33(40)24(29)17-22-11-7-5-8-12-22)36-31(38)28-30(26(42-4)15-16-35-28)45-27(37)18-23-13-9-6-10-14-23/h5-16,20-21,24-25,29H,17-19H2,1-4H3,(H,36,38)/t21-,24+,25-,29-/m0/s1. The Morgan fingerprint density at radius 3 is 2.24 bits per heavy atom. The predicted octanol–water partition coefficient (Wildman–Crippen LogP) is 3.25. The number of ether oxygens (including phenoxy) is 5. The van der Waals surface area contributed by atoms with Crippen LogP contribution >= 0.6 is 0 Å². The summed E-state index contributed by atoms with van der Waals surface area (Å²) in [6.45, 7) is 4.20. The topological polar surface area (TPSA) is 156 Å². The van der Waals surface area contributed by atoms with E-state index in [1.165, 1.54) is 26.3 Å². The fourth-order valence-electron chi connectivity index (χ4n) is 4.74. The van der Waals surface area contributed by atoms with Gasteiger partial charge in [0.05, 0.1) is 19.4 Å². The summed E-state index contributed by atoms with van der Waals surface area (Å²) in [5.74, 6) is -5.60. The molecule has 1 fully saturated rings. The number of methoxy groups -OCH3 is 1. The van der Waals surface area contributed by atoms with Gasteiger partial charge in [0.25, 0.3) is 5.91 Å². The normalized spacial score (nSPS) is 19.8. The van der Waals surface area contributed by atoms with Gasteiger partial charge >= 0.3 is 23.9 Å². The summed E-state index contributed by atoms with van der Waals surface area (Å²) in [5, 5.41) is 2.47. The molecule has 0 aliphatic carbocycles. The first-order valence-corrected chi connectivity index (χ1v) is 14.8. The highest BCUT2D eigenvalue weighted by molar-refractivity contribution is 5.99. The zero-order valence-corrected chi connectivity index (χ0v) is 26.0. The van der Waals surface area contributed by atoms with Gasteiger partial charge in [-0.05, 0) is 24.5 Å². The number of hydrogen-bond acceptors (Lipinski definition) is 11. The molecule has 0 bridgehead atoms. The average Bonchev–Trinajstić information content (AvgIpc) is 3.07. The third-order valence-corrected chi connectivity index (χ3v) is 7.18. The number of esters is 4. The first-order chi connectivity index (χ1) is 22.1. The molecule has 46 heavy (non-hydrogen) atoms. The smallest absolute Gasteiger partial charge is 0.332 e. The summed E-state index contributed by atoms with van der Waals surface area (Å²) < 4.78 is 27.7. The molecule has 12 nitrogen and oxygen atoms in total. The molecule has 4 rings (SSSR count). The number of carbonyl (C=O) groups is 5. The molecule has 1 aromatic heterocycles. The molecule has 1 aliphatic rings. The molecule has 0 radical (unpaired) electrons. The Morgan fingerprint density at radius 1 is 0.957 bits per heavy atom. The minimum Gasteiger partial charge on any atom is -0.493 e. The molecule has 1 saturated heterocycles. The molecule has 2 heterocycles. The average molecular weight is 633 g/mol. The molecular weight excluding hydrogens is 596 g/mol. The van der Waals surface area contributed by atoms with Crippen molar-refractivity contribution in [2.24, 2.45) is 11.8 Å². The molecular formula is C34H36N2O10. The lowest BCUT2D eigenvalue weighted by molar-refractivity contribution is -0.176. The number of aromatic nitrogens is 1. The highest BCUT2D eigenvalue weighted by atomic mass is 16.6. The number of rotatable bonds is 10. The molecule has 1 amide bonds. The number of nitrogens with zero attached hydrogens (tertiary/aromatic N) is 1. The van der Waals surface area contributed by atoms with Crippen molar-refractivity contribution < 1.29 is 47.7 Å². The molecule has 3 aromatic rings. The van der Waals surface area contributed by atoms with Crippen molar-refractivity contribution in [1.29, 1.82) is 0 Å². The van der Waals surface area contributed by atoms with Gasteiger partial charge in [0.2, 0.25) is 5.75 Å². The summed E-state index contributed by atoms with van der Waals surface area (Å²) in [5.41, 5.74) is 1.11. The van der Waals surface area contributed by atoms with Crippen molar-refractivity contribution in [2.75, 3.05) is 13.7 Å². The molecule has 0 unspecified atom stereocenters. The first kappa shape index (κ1) is 33.6. The minimum absolute atomic E-state index is 0.0530. The fraction of sp³-hybridized carbons (Fsp3) is 0.353. The molecule has 242 valence electrons. The van der Waals surface area contributed by atoms with Gasteiger partial charge in [0.1, 0.15) is 18.6 Å². The predicted molar refractivity (Wildman–Crippen MR) is 163 cm³/mol. The van der Waals surface area contributed by atoms with Crippen LogP contribution in [0.3, 0.4) is 0 Å². The largest absolute Gasteiger partial charge is 0.493 e. The third kappa shape index (κ3) is 8.68. The Kier molecular flexibility index (Phi) is 11.4. The number of carbonyl (C=O) groups excluding carboxylic acids is 5. The van der Waals surface area contributed by atoms with Gasteiger partial charge in [-0.15, -0.1) is 0 Å². The van der Waals surface area contributed by atoms with Crippen molar-refractivity contribution in [1.82, 2.24) is 10.3 Å². The van der Waals surface area contributed by atoms with Gasteiger partial charge in [0, 0.05) is 12.3 Å². The van der Waals surface area contributed by atoms with Gasteiger partial charge in [0.15, 0.2) is 23.6 Å². The Hall–Kier alpha value is -5.26. The van der Waals surface area contributed by atoms with E-state index in [9.17, 15) is 24.0 Å². The first-order valence-electron chi connectivity index (χ1n) is 14.8. The van der Waals surface area contributed by atoms with Crippen LogP contribution in [0.5, 0.6) is 11.5 Å². The Morgan fingerprint density at radius 2 is 1.61 bits per heavy atom. The van der Waals surface area contributed by atoms with Gasteiger partial charge < -0.3 is 29.0 Å². The fourth-order valence-corrected chi connectivity index (χ4v) is 4.74. The molecule has 0 saturated carbocycles. The molecule has 0 spiro atoms. The van der Waals surface area contributed by atoms with E-state index in [0.717, 1.165) is 5.56 Å². The van der Waals surface area contributed by atoms with Crippen molar-refractivity contribution in [2.45, 2.75) is 51.9 Å². The van der Waals surface area contributed by atoms with Gasteiger partial charge in [-0.25, -0.2) is 9.78 Å². The van der Waals surface area contributed by atoms with Gasteiger partial charge in [-0.2, -0.15) is 0 Å². The Labute approximate surface area is 266 Å². The van der Waals surface area contributed by atoms with E-state index in [0.29, 0.717) is 5.56 Å². The molecule has 2 aromatic carbocycles. The number of nitrogens with one attached hydrogen (secondary N) is 1. The second-order valence-electron chi connectivity index (χ2n) is 11.0. The summed E-state index contributed by atoms with van der Waals surface area (Å²) in [6, 6.07) is 17.8. The molecule has 1 N–H and O–H groups in total. The molecule has 4 atom stereocenters. The van der Waals surface area contributed by atoms with Crippen molar-refractivity contribution in [3.63, 3.8) is 0 Å². The number of amides is 1. The van der Waals surface area contributed by atoms with E-state index in [4.69, 9.17) is 23.7 Å². The number of benzene rings is 2. The second-order valence-corrected chi connectivity index (χ2v) is 11.0. The summed E-state index contributed by atoms with van der Waals surface area (Å²) in [4.78, 5) is 69.7. The zero-order chi connectivity index (χ0) is 33.2. The van der Waals surface area contributed by atoms with Crippen LogP contribution in [-0.2, 0) is 46.2 Å². The Balaban J connectivity index is 1.57. The lowest BCUT2D eigenvalue weighted by atomic mass is 9.91. The SMILES string of the molecule is COc1ccnc(C(=O)N[C@H]2COC(=O)[C@H](Cc3ccccc3)[C@@H](OC(=O)C(C)C)[C@H](C)OC2=O)c1OC(=O)Cc1ccccc1. The highest BCUT2D eigenvalue weighted by Gasteiger charge is 2.42. The third-order valence-electron chi connectivity index (χ3n) is 7.18. The van der Waals surface area contributed by atoms with Crippen LogP contribution in [-0.4, -0.2) is 66.7 Å². The number of cyclic esters (lactones) is 2. The zero-order valence-electron chi connectivity index (χ0n) is 26.0. The van der Waals surface area contributed by atoms with Crippen LogP contribution in [0, 0.1) is 11.8 Å². The number of hydrogen-bond donors (Lipinski definition) is 1. The van der Waals surface area contributed by atoms with Crippen molar-refractivity contribution in [3.05, 3.63) is 89.7 Å². The van der Waals surface area contributed by atoms with E-state index in [1.54, 1.807) is 50.2 Å². The lowest BCUT2D eigenvalue weighted by Crippen LogP contribution is -2.47. The van der Waals surface area contributed by atoms with Crippen LogP contribution < -0.4 is 14.8 Å². The van der Waals surface area contributed by atoms with Crippen molar-refractivity contribution in [3.8, 4) is 11.5 Å². The van der Waals surface area contributed by atoms with Crippen LogP contribution in [0.4, 0.5) is 0 Å². The van der Waals surface area contributed by atoms with E-state index < -0.39 is 66.5 Å². The van der Waals surface area contributed by atoms with Crippen LogP contribution in [0.2, 0.25) is 0 Å². The summed E-state index contributed by atoms with van der Waals surface area (Å²) in [7, 11) is 1.33. The van der Waals surface area contributed by atoms with E-state index >= 15 is 0 Å². The van der Waals surface area contributed by atoms with Crippen molar-refractivity contribution >= 4 is 29.8 Å². The summed E-state index contributed by atoms with van der Waals surface area (Å²) in [6.07, 6.45) is -0.932. The maximum atomic E-state index is 13.5. The van der Waals surface area contributed by atoms with Crippen LogP contribution in [0.25, 0.3) is 0 Å². The lowest BCUT2D eigenvalue weighted by Gasteiger charge is -2.29. The van der Waals surface area contributed by atoms with E-state index in [2.05, 4.69) is 10.3 Å². The monoisotopic (exact) mass is 632 g/mol. The molecule has 12 heteroatoms. The summed E-state index contributed by atoms with van der Waals surface area (Å²) >= 11 is 0.